The normalized spacial score (nSPS) is 14.1. The number of rotatable bonds is 2. The lowest BCUT2D eigenvalue weighted by Gasteiger charge is -2.28. The SMILES string of the molecule is CC(C)c1c(-c2ccc3c(c2)OCCN3C)[nH]c2ncnn2c1=O. The Hall–Kier alpha value is -2.83. The molecule has 3 heterocycles. The Labute approximate surface area is 138 Å². The maximum absolute atomic E-state index is 12.8. The van der Waals surface area contributed by atoms with Gasteiger partial charge < -0.3 is 14.6 Å². The topological polar surface area (TPSA) is 75.5 Å². The van der Waals surface area contributed by atoms with E-state index in [0.717, 1.165) is 29.2 Å². The maximum atomic E-state index is 12.8. The van der Waals surface area contributed by atoms with E-state index in [1.165, 1.54) is 10.8 Å². The summed E-state index contributed by atoms with van der Waals surface area (Å²) in [6.45, 7) is 5.52. The van der Waals surface area contributed by atoms with Gasteiger partial charge in [0.05, 0.1) is 17.9 Å². The van der Waals surface area contributed by atoms with Gasteiger partial charge in [-0.15, -0.1) is 0 Å². The van der Waals surface area contributed by atoms with Gasteiger partial charge >= 0.3 is 0 Å². The molecule has 1 aliphatic heterocycles. The first kappa shape index (κ1) is 14.7. The third kappa shape index (κ3) is 2.16. The standard InChI is InChI=1S/C17H19N5O2/c1-10(2)14-15(20-17-18-9-19-22(17)16(14)23)11-4-5-12-13(8-11)24-7-6-21(12)3/h4-5,8-10H,6-7H2,1-3H3,(H,18,19,20). The highest BCUT2D eigenvalue weighted by atomic mass is 16.5. The largest absolute Gasteiger partial charge is 0.490 e. The molecule has 0 spiro atoms. The van der Waals surface area contributed by atoms with E-state index in [2.05, 4.69) is 20.0 Å². The molecule has 0 aliphatic carbocycles. The van der Waals surface area contributed by atoms with Gasteiger partial charge in [0.15, 0.2) is 0 Å². The van der Waals surface area contributed by atoms with Gasteiger partial charge in [0.1, 0.15) is 18.7 Å². The number of aromatic nitrogens is 4. The molecule has 0 saturated carbocycles. The van der Waals surface area contributed by atoms with Crippen LogP contribution in [0.2, 0.25) is 0 Å². The number of anilines is 1. The van der Waals surface area contributed by atoms with Crippen molar-refractivity contribution in [3.8, 4) is 17.0 Å². The molecule has 0 unspecified atom stereocenters. The van der Waals surface area contributed by atoms with Gasteiger partial charge in [-0.3, -0.25) is 4.79 Å². The van der Waals surface area contributed by atoms with Crippen molar-refractivity contribution in [1.29, 1.82) is 0 Å². The zero-order valence-corrected chi connectivity index (χ0v) is 13.9. The highest BCUT2D eigenvalue weighted by Crippen LogP contribution is 2.35. The van der Waals surface area contributed by atoms with E-state index >= 15 is 0 Å². The number of hydrogen-bond acceptors (Lipinski definition) is 5. The van der Waals surface area contributed by atoms with Crippen LogP contribution >= 0.6 is 0 Å². The van der Waals surface area contributed by atoms with E-state index in [1.807, 2.05) is 39.1 Å². The van der Waals surface area contributed by atoms with Crippen LogP contribution in [-0.2, 0) is 0 Å². The fourth-order valence-electron chi connectivity index (χ4n) is 3.15. The average Bonchev–Trinajstić information content (AvgIpc) is 3.03. The summed E-state index contributed by atoms with van der Waals surface area (Å²) in [4.78, 5) is 22.3. The molecule has 0 atom stereocenters. The summed E-state index contributed by atoms with van der Waals surface area (Å²) in [5, 5.41) is 4.01. The van der Waals surface area contributed by atoms with Gasteiger partial charge in [0.2, 0.25) is 5.78 Å². The lowest BCUT2D eigenvalue weighted by molar-refractivity contribution is 0.311. The minimum absolute atomic E-state index is 0.0528. The van der Waals surface area contributed by atoms with Crippen LogP contribution in [0, 0.1) is 0 Å². The molecule has 7 heteroatoms. The lowest BCUT2D eigenvalue weighted by Crippen LogP contribution is -2.28. The summed E-state index contributed by atoms with van der Waals surface area (Å²) in [5.74, 6) is 1.32. The number of likely N-dealkylation sites (N-methyl/N-ethyl adjacent to an activating group) is 1. The van der Waals surface area contributed by atoms with Crippen molar-refractivity contribution in [1.82, 2.24) is 19.6 Å². The monoisotopic (exact) mass is 325 g/mol. The van der Waals surface area contributed by atoms with E-state index in [-0.39, 0.29) is 11.5 Å². The van der Waals surface area contributed by atoms with E-state index in [1.54, 1.807) is 0 Å². The summed E-state index contributed by atoms with van der Waals surface area (Å²) in [5.41, 5.74) is 3.30. The first-order chi connectivity index (χ1) is 11.6. The zero-order chi connectivity index (χ0) is 16.8. The Bertz CT molecular complexity index is 973. The van der Waals surface area contributed by atoms with Crippen LogP contribution in [0.3, 0.4) is 0 Å². The van der Waals surface area contributed by atoms with Crippen LogP contribution in [0.25, 0.3) is 17.0 Å². The summed E-state index contributed by atoms with van der Waals surface area (Å²) in [6, 6.07) is 6.02. The van der Waals surface area contributed by atoms with Crippen molar-refractivity contribution in [3.63, 3.8) is 0 Å². The van der Waals surface area contributed by atoms with Gasteiger partial charge in [-0.05, 0) is 18.1 Å². The molecule has 3 aromatic rings. The van der Waals surface area contributed by atoms with Gasteiger partial charge in [-0.1, -0.05) is 19.9 Å². The van der Waals surface area contributed by atoms with Crippen LogP contribution in [-0.4, -0.2) is 39.8 Å². The van der Waals surface area contributed by atoms with Crippen molar-refractivity contribution in [2.75, 3.05) is 25.1 Å². The number of H-pyrrole nitrogens is 1. The Morgan fingerprint density at radius 2 is 2.17 bits per heavy atom. The molecule has 0 amide bonds. The van der Waals surface area contributed by atoms with Crippen LogP contribution in [0.5, 0.6) is 5.75 Å². The summed E-state index contributed by atoms with van der Waals surface area (Å²) in [6.07, 6.45) is 1.38. The quantitative estimate of drug-likeness (QED) is 0.780. The van der Waals surface area contributed by atoms with E-state index in [9.17, 15) is 4.79 Å². The second-order valence-corrected chi connectivity index (χ2v) is 6.32. The number of nitrogens with one attached hydrogen (secondary N) is 1. The van der Waals surface area contributed by atoms with Gasteiger partial charge in [-0.25, -0.2) is 0 Å². The average molecular weight is 325 g/mol. The molecule has 0 radical (unpaired) electrons. The van der Waals surface area contributed by atoms with Crippen molar-refractivity contribution < 1.29 is 4.74 Å². The Morgan fingerprint density at radius 3 is 2.96 bits per heavy atom. The van der Waals surface area contributed by atoms with E-state index in [0.29, 0.717) is 17.9 Å². The number of nitrogens with zero attached hydrogens (tertiary/aromatic N) is 4. The van der Waals surface area contributed by atoms with Crippen molar-refractivity contribution in [3.05, 3.63) is 40.4 Å². The first-order valence-corrected chi connectivity index (χ1v) is 8.00. The zero-order valence-electron chi connectivity index (χ0n) is 13.9. The molecular formula is C17H19N5O2. The molecule has 2 aromatic heterocycles. The summed E-state index contributed by atoms with van der Waals surface area (Å²) >= 11 is 0. The molecule has 0 bridgehead atoms. The fourth-order valence-corrected chi connectivity index (χ4v) is 3.15. The third-order valence-electron chi connectivity index (χ3n) is 4.40. The van der Waals surface area contributed by atoms with Crippen molar-refractivity contribution >= 4 is 11.5 Å². The third-order valence-corrected chi connectivity index (χ3v) is 4.40. The van der Waals surface area contributed by atoms with Crippen molar-refractivity contribution in [2.45, 2.75) is 19.8 Å². The molecule has 24 heavy (non-hydrogen) atoms. The number of fused-ring (bicyclic) bond motifs is 2. The fraction of sp³-hybridized carbons (Fsp3) is 0.353. The van der Waals surface area contributed by atoms with Crippen molar-refractivity contribution in [2.24, 2.45) is 0 Å². The second kappa shape index (κ2) is 5.36. The molecule has 1 aromatic carbocycles. The molecule has 1 N–H and O–H groups in total. The predicted molar refractivity (Wildman–Crippen MR) is 91.9 cm³/mol. The predicted octanol–water partition coefficient (Wildman–Crippen LogP) is 2.04. The smallest absolute Gasteiger partial charge is 0.279 e. The minimum Gasteiger partial charge on any atom is -0.490 e. The Balaban J connectivity index is 1.96. The van der Waals surface area contributed by atoms with Crippen LogP contribution < -0.4 is 15.2 Å². The minimum atomic E-state index is -0.137. The number of aromatic amines is 1. The molecule has 124 valence electrons. The second-order valence-electron chi connectivity index (χ2n) is 6.32. The summed E-state index contributed by atoms with van der Waals surface area (Å²) in [7, 11) is 2.05. The molecular weight excluding hydrogens is 306 g/mol. The van der Waals surface area contributed by atoms with Crippen LogP contribution in [0.4, 0.5) is 5.69 Å². The lowest BCUT2D eigenvalue weighted by atomic mass is 9.98. The van der Waals surface area contributed by atoms with Crippen LogP contribution in [0.15, 0.2) is 29.3 Å². The number of benzene rings is 1. The Morgan fingerprint density at radius 1 is 1.33 bits per heavy atom. The van der Waals surface area contributed by atoms with E-state index < -0.39 is 0 Å². The maximum Gasteiger partial charge on any atom is 0.279 e. The van der Waals surface area contributed by atoms with Crippen LogP contribution in [0.1, 0.15) is 25.3 Å². The summed E-state index contributed by atoms with van der Waals surface area (Å²) < 4.78 is 7.10. The van der Waals surface area contributed by atoms with Gasteiger partial charge in [-0.2, -0.15) is 14.6 Å². The first-order valence-electron chi connectivity index (χ1n) is 8.00. The number of hydrogen-bond donors (Lipinski definition) is 1. The highest BCUT2D eigenvalue weighted by molar-refractivity contribution is 5.72. The Kier molecular flexibility index (Phi) is 3.30. The molecule has 4 rings (SSSR count). The van der Waals surface area contributed by atoms with Gasteiger partial charge in [0.25, 0.3) is 5.56 Å². The molecule has 1 aliphatic rings. The molecule has 0 saturated heterocycles. The molecule has 7 nitrogen and oxygen atoms in total. The van der Waals surface area contributed by atoms with Gasteiger partial charge in [0, 0.05) is 18.2 Å². The molecule has 0 fully saturated rings. The number of ether oxygens (including phenoxy) is 1. The van der Waals surface area contributed by atoms with E-state index in [4.69, 9.17) is 4.74 Å². The highest BCUT2D eigenvalue weighted by Gasteiger charge is 2.20.